The van der Waals surface area contributed by atoms with E-state index in [4.69, 9.17) is 0 Å². The average Bonchev–Trinajstić information content (AvgIpc) is 2.33. The summed E-state index contributed by atoms with van der Waals surface area (Å²) in [6.07, 6.45) is 11.8. The first-order valence-electron chi connectivity index (χ1n) is 5.20. The fourth-order valence-electron chi connectivity index (χ4n) is 1.82. The summed E-state index contributed by atoms with van der Waals surface area (Å²) in [5, 5.41) is 0. The molecule has 0 fully saturated rings. The fourth-order valence-corrected chi connectivity index (χ4v) is 1.82. The SMILES string of the molecule is C1=C\c2cccnc2-c2ncccc2/C=C/1. The smallest absolute Gasteiger partial charge is 0.0964 e. The third-order valence-electron chi connectivity index (χ3n) is 2.56. The van der Waals surface area contributed by atoms with E-state index < -0.39 is 0 Å². The predicted molar refractivity (Wildman–Crippen MR) is 65.5 cm³/mol. The number of rotatable bonds is 0. The number of nitrogens with zero attached hydrogens (tertiary/aromatic N) is 2. The molecule has 1 aliphatic carbocycles. The summed E-state index contributed by atoms with van der Waals surface area (Å²) < 4.78 is 0. The molecule has 2 aromatic heterocycles. The van der Waals surface area contributed by atoms with Crippen LogP contribution in [0.3, 0.4) is 0 Å². The minimum atomic E-state index is 0.943. The van der Waals surface area contributed by atoms with Gasteiger partial charge in [-0.05, 0) is 12.1 Å². The number of allylic oxidation sites excluding steroid dienone is 2. The molecule has 16 heavy (non-hydrogen) atoms. The zero-order chi connectivity index (χ0) is 10.8. The Bertz CT molecular complexity index is 529. The monoisotopic (exact) mass is 206 g/mol. The maximum atomic E-state index is 4.41. The Labute approximate surface area is 94.0 Å². The second kappa shape index (κ2) is 3.74. The van der Waals surface area contributed by atoms with E-state index in [1.54, 1.807) is 12.4 Å². The lowest BCUT2D eigenvalue weighted by molar-refractivity contribution is 1.23. The van der Waals surface area contributed by atoms with Crippen LogP contribution >= 0.6 is 0 Å². The first-order valence-corrected chi connectivity index (χ1v) is 5.20. The molecule has 0 aromatic carbocycles. The third-order valence-corrected chi connectivity index (χ3v) is 2.56. The van der Waals surface area contributed by atoms with Crippen LogP contribution in [0.5, 0.6) is 0 Å². The van der Waals surface area contributed by atoms with Crippen molar-refractivity contribution in [1.29, 1.82) is 0 Å². The first kappa shape index (κ1) is 9.04. The van der Waals surface area contributed by atoms with Gasteiger partial charge in [-0.15, -0.1) is 0 Å². The van der Waals surface area contributed by atoms with Crippen molar-refractivity contribution in [3.8, 4) is 11.4 Å². The topological polar surface area (TPSA) is 25.8 Å². The van der Waals surface area contributed by atoms with Gasteiger partial charge < -0.3 is 0 Å². The van der Waals surface area contributed by atoms with E-state index in [1.165, 1.54) is 0 Å². The molecule has 0 N–H and O–H groups in total. The molecule has 0 saturated heterocycles. The van der Waals surface area contributed by atoms with Crippen molar-refractivity contribution in [3.05, 3.63) is 59.9 Å². The number of fused-ring (bicyclic) bond motifs is 3. The Kier molecular flexibility index (Phi) is 2.11. The molecule has 0 unspecified atom stereocenters. The molecule has 0 radical (unpaired) electrons. The number of hydrogen-bond acceptors (Lipinski definition) is 2. The van der Waals surface area contributed by atoms with Gasteiger partial charge in [-0.25, -0.2) is 0 Å². The Morgan fingerprint density at radius 3 is 1.69 bits per heavy atom. The molecule has 2 nitrogen and oxygen atoms in total. The summed E-state index contributed by atoms with van der Waals surface area (Å²) in [6.45, 7) is 0. The molecular formula is C14H10N2. The van der Waals surface area contributed by atoms with Crippen molar-refractivity contribution in [1.82, 2.24) is 9.97 Å². The molecule has 0 bridgehead atoms. The van der Waals surface area contributed by atoms with Gasteiger partial charge in [-0.1, -0.05) is 36.4 Å². The van der Waals surface area contributed by atoms with Crippen LogP contribution in [0.4, 0.5) is 0 Å². The largest absolute Gasteiger partial charge is 0.254 e. The fraction of sp³-hybridized carbons (Fsp3) is 0. The van der Waals surface area contributed by atoms with Crippen LogP contribution in [0, 0.1) is 0 Å². The van der Waals surface area contributed by atoms with E-state index in [0.717, 1.165) is 22.5 Å². The number of pyridine rings is 2. The molecular weight excluding hydrogens is 196 g/mol. The summed E-state index contributed by atoms with van der Waals surface area (Å²) in [7, 11) is 0. The van der Waals surface area contributed by atoms with Gasteiger partial charge in [0.05, 0.1) is 11.4 Å². The van der Waals surface area contributed by atoms with Crippen molar-refractivity contribution in [2.24, 2.45) is 0 Å². The van der Waals surface area contributed by atoms with Crippen LogP contribution in [-0.4, -0.2) is 9.97 Å². The van der Waals surface area contributed by atoms with E-state index in [0.29, 0.717) is 0 Å². The second-order valence-corrected chi connectivity index (χ2v) is 3.60. The Morgan fingerprint density at radius 1 is 0.688 bits per heavy atom. The molecule has 76 valence electrons. The summed E-state index contributed by atoms with van der Waals surface area (Å²) in [5.74, 6) is 0. The minimum absolute atomic E-state index is 0.943. The highest BCUT2D eigenvalue weighted by atomic mass is 14.8. The van der Waals surface area contributed by atoms with E-state index in [2.05, 4.69) is 34.3 Å². The average molecular weight is 206 g/mol. The quantitative estimate of drug-likeness (QED) is 0.661. The molecule has 0 amide bonds. The van der Waals surface area contributed by atoms with Gasteiger partial charge in [-0.3, -0.25) is 9.97 Å². The van der Waals surface area contributed by atoms with Crippen molar-refractivity contribution in [2.75, 3.05) is 0 Å². The molecule has 3 rings (SSSR count). The number of aromatic nitrogens is 2. The van der Waals surface area contributed by atoms with Gasteiger partial charge >= 0.3 is 0 Å². The standard InChI is InChI=1S/C14H10N2/c1-2-6-12-8-4-10-16-14(12)13-11(5-1)7-3-9-15-13/h1-10H/b2-1?,5-1-,6-2+,11-5?,12-6?,14-13?. The second-order valence-electron chi connectivity index (χ2n) is 3.60. The summed E-state index contributed by atoms with van der Waals surface area (Å²) in [6, 6.07) is 7.99. The summed E-state index contributed by atoms with van der Waals surface area (Å²) in [4.78, 5) is 8.83. The van der Waals surface area contributed by atoms with Crippen molar-refractivity contribution in [2.45, 2.75) is 0 Å². The van der Waals surface area contributed by atoms with Gasteiger partial charge in [0, 0.05) is 23.5 Å². The summed E-state index contributed by atoms with van der Waals surface area (Å²) in [5.41, 5.74) is 4.09. The number of hydrogen-bond donors (Lipinski definition) is 0. The molecule has 2 heteroatoms. The Hall–Kier alpha value is -2.22. The highest BCUT2D eigenvalue weighted by Crippen LogP contribution is 2.26. The molecule has 1 aliphatic rings. The maximum absolute atomic E-state index is 4.41. The zero-order valence-electron chi connectivity index (χ0n) is 8.67. The summed E-state index contributed by atoms with van der Waals surface area (Å²) >= 11 is 0. The van der Waals surface area contributed by atoms with Crippen LogP contribution in [0.1, 0.15) is 11.1 Å². The Morgan fingerprint density at radius 2 is 1.19 bits per heavy atom. The van der Waals surface area contributed by atoms with Gasteiger partial charge in [-0.2, -0.15) is 0 Å². The van der Waals surface area contributed by atoms with Crippen molar-refractivity contribution >= 4 is 12.2 Å². The van der Waals surface area contributed by atoms with E-state index in [9.17, 15) is 0 Å². The molecule has 0 saturated carbocycles. The van der Waals surface area contributed by atoms with E-state index >= 15 is 0 Å². The van der Waals surface area contributed by atoms with Crippen LogP contribution in [-0.2, 0) is 0 Å². The van der Waals surface area contributed by atoms with Gasteiger partial charge in [0.25, 0.3) is 0 Å². The van der Waals surface area contributed by atoms with Gasteiger partial charge in [0.2, 0.25) is 0 Å². The van der Waals surface area contributed by atoms with Crippen LogP contribution < -0.4 is 0 Å². The molecule has 0 spiro atoms. The lowest BCUT2D eigenvalue weighted by atomic mass is 10.0. The van der Waals surface area contributed by atoms with Crippen molar-refractivity contribution < 1.29 is 0 Å². The van der Waals surface area contributed by atoms with Gasteiger partial charge in [0.15, 0.2) is 0 Å². The maximum Gasteiger partial charge on any atom is 0.0964 e. The minimum Gasteiger partial charge on any atom is -0.254 e. The lowest BCUT2D eigenvalue weighted by Gasteiger charge is -2.08. The molecule has 0 atom stereocenters. The lowest BCUT2D eigenvalue weighted by Crippen LogP contribution is -1.94. The van der Waals surface area contributed by atoms with Crippen LogP contribution in [0.2, 0.25) is 0 Å². The molecule has 2 aromatic rings. The predicted octanol–water partition coefficient (Wildman–Crippen LogP) is 3.18. The highest BCUT2D eigenvalue weighted by molar-refractivity contribution is 5.78. The third kappa shape index (κ3) is 1.44. The zero-order valence-corrected chi connectivity index (χ0v) is 8.67. The normalized spacial score (nSPS) is 16.5. The first-order chi connectivity index (χ1) is 7.95. The van der Waals surface area contributed by atoms with Gasteiger partial charge in [0.1, 0.15) is 0 Å². The molecule has 2 heterocycles. The van der Waals surface area contributed by atoms with E-state index in [1.807, 2.05) is 24.3 Å². The van der Waals surface area contributed by atoms with Crippen molar-refractivity contribution in [3.63, 3.8) is 0 Å². The highest BCUT2D eigenvalue weighted by Gasteiger charge is 2.09. The Balaban J connectivity index is 2.34. The molecule has 0 aliphatic heterocycles. The van der Waals surface area contributed by atoms with Crippen LogP contribution in [0.25, 0.3) is 23.5 Å². The van der Waals surface area contributed by atoms with E-state index in [-0.39, 0.29) is 0 Å². The van der Waals surface area contributed by atoms with Crippen LogP contribution in [0.15, 0.2) is 48.8 Å².